The highest BCUT2D eigenvalue weighted by Crippen LogP contribution is 2.26. The Hall–Kier alpha value is -3.48. The Morgan fingerprint density at radius 3 is 2.45 bits per heavy atom. The minimum atomic E-state index is -1.57. The van der Waals surface area contributed by atoms with Crippen molar-refractivity contribution in [1.82, 2.24) is 5.32 Å². The first-order chi connectivity index (χ1) is 14.7. The molecule has 1 aliphatic heterocycles. The Kier molecular flexibility index (Phi) is 8.49. The largest absolute Gasteiger partial charge is 0.450 e. The van der Waals surface area contributed by atoms with Crippen LogP contribution in [-0.4, -0.2) is 56.0 Å². The van der Waals surface area contributed by atoms with Gasteiger partial charge in [0.2, 0.25) is 12.2 Å². The monoisotopic (exact) mass is 433 g/mol. The van der Waals surface area contributed by atoms with Gasteiger partial charge in [-0.3, -0.25) is 19.2 Å². The maximum atomic E-state index is 13.3. The number of nitriles is 1. The second-order valence-electron chi connectivity index (χ2n) is 7.19. The number of carbonyl (C=O) groups excluding carboxylic acids is 4. The van der Waals surface area contributed by atoms with Crippen LogP contribution in [0.25, 0.3) is 0 Å². The summed E-state index contributed by atoms with van der Waals surface area (Å²) in [7, 11) is 0. The third-order valence-electron chi connectivity index (χ3n) is 4.89. The van der Waals surface area contributed by atoms with E-state index in [0.29, 0.717) is 31.6 Å². The highest BCUT2D eigenvalue weighted by molar-refractivity contribution is 5.88. The zero-order valence-electron chi connectivity index (χ0n) is 17.3. The van der Waals surface area contributed by atoms with E-state index in [1.165, 1.54) is 12.1 Å². The Labute approximate surface area is 179 Å². The van der Waals surface area contributed by atoms with Crippen molar-refractivity contribution < 1.29 is 33.0 Å². The molecule has 0 spiro atoms. The number of hydrogen-bond acceptors (Lipinski definition) is 8. The van der Waals surface area contributed by atoms with Crippen molar-refractivity contribution in [3.63, 3.8) is 0 Å². The molecule has 1 fully saturated rings. The van der Waals surface area contributed by atoms with Gasteiger partial charge in [-0.15, -0.1) is 0 Å². The average Bonchev–Trinajstić information content (AvgIpc) is 2.74. The van der Waals surface area contributed by atoms with E-state index in [1.54, 1.807) is 6.07 Å². The van der Waals surface area contributed by atoms with E-state index < -0.39 is 35.9 Å². The predicted molar refractivity (Wildman–Crippen MR) is 106 cm³/mol. The highest BCUT2D eigenvalue weighted by atomic mass is 19.1. The molecule has 1 aromatic carbocycles. The molecule has 10 heteroatoms. The molecule has 0 radical (unpaired) electrons. The third-order valence-corrected chi connectivity index (χ3v) is 4.89. The molecule has 1 N–H and O–H groups in total. The van der Waals surface area contributed by atoms with Crippen LogP contribution in [0.2, 0.25) is 0 Å². The Balaban J connectivity index is 1.93. The summed E-state index contributed by atoms with van der Waals surface area (Å²) < 4.78 is 23.0. The number of piperidine rings is 1. The summed E-state index contributed by atoms with van der Waals surface area (Å²) in [4.78, 5) is 48.1. The van der Waals surface area contributed by atoms with Gasteiger partial charge in [-0.05, 0) is 37.0 Å². The number of aldehydes is 1. The normalized spacial score (nSPS) is 15.9. The lowest BCUT2D eigenvalue weighted by Crippen LogP contribution is -2.49. The smallest absolute Gasteiger partial charge is 0.303 e. The zero-order valence-corrected chi connectivity index (χ0v) is 17.3. The van der Waals surface area contributed by atoms with Crippen molar-refractivity contribution in [2.45, 2.75) is 38.9 Å². The number of benzene rings is 1. The second-order valence-corrected chi connectivity index (χ2v) is 7.19. The van der Waals surface area contributed by atoms with Crippen LogP contribution in [0.15, 0.2) is 18.2 Å². The Morgan fingerprint density at radius 2 is 1.90 bits per heavy atom. The van der Waals surface area contributed by atoms with Gasteiger partial charge in [0.25, 0.3) is 5.91 Å². The van der Waals surface area contributed by atoms with Crippen LogP contribution >= 0.6 is 0 Å². The summed E-state index contributed by atoms with van der Waals surface area (Å²) in [5.74, 6) is -2.68. The van der Waals surface area contributed by atoms with Crippen LogP contribution in [-0.2, 0) is 28.7 Å². The minimum absolute atomic E-state index is 0.104. The molecule has 0 aromatic heterocycles. The van der Waals surface area contributed by atoms with Gasteiger partial charge in [-0.1, -0.05) is 0 Å². The lowest BCUT2D eigenvalue weighted by Gasteiger charge is -2.34. The van der Waals surface area contributed by atoms with Gasteiger partial charge >= 0.3 is 11.9 Å². The first-order valence-electron chi connectivity index (χ1n) is 9.77. The van der Waals surface area contributed by atoms with Crippen molar-refractivity contribution >= 4 is 29.8 Å². The first kappa shape index (κ1) is 23.8. The minimum Gasteiger partial charge on any atom is -0.450 e. The molecule has 0 unspecified atom stereocenters. The summed E-state index contributed by atoms with van der Waals surface area (Å²) in [5.41, 5.74) is 0.929. The summed E-state index contributed by atoms with van der Waals surface area (Å²) in [5, 5.41) is 11.9. The maximum absolute atomic E-state index is 13.3. The third kappa shape index (κ3) is 6.77. The van der Waals surface area contributed by atoms with Crippen LogP contribution < -0.4 is 10.2 Å². The lowest BCUT2D eigenvalue weighted by molar-refractivity contribution is -0.171. The average molecular weight is 433 g/mol. The van der Waals surface area contributed by atoms with Gasteiger partial charge in [0.15, 0.2) is 6.29 Å². The van der Waals surface area contributed by atoms with Crippen molar-refractivity contribution in [2.24, 2.45) is 5.92 Å². The quantitative estimate of drug-likeness (QED) is 0.477. The number of ether oxygens (including phenoxy) is 2. The molecule has 1 saturated heterocycles. The molecule has 9 nitrogen and oxygen atoms in total. The summed E-state index contributed by atoms with van der Waals surface area (Å²) in [6, 6.07) is 6.08. The molecule has 31 heavy (non-hydrogen) atoms. The molecule has 0 bridgehead atoms. The highest BCUT2D eigenvalue weighted by Gasteiger charge is 2.34. The van der Waals surface area contributed by atoms with Crippen LogP contribution in [0.4, 0.5) is 10.1 Å². The van der Waals surface area contributed by atoms with Gasteiger partial charge in [0.1, 0.15) is 11.9 Å². The number of nitrogens with one attached hydrogen (secondary N) is 1. The van der Waals surface area contributed by atoms with Crippen molar-refractivity contribution in [2.75, 3.05) is 24.5 Å². The topological polar surface area (TPSA) is 126 Å². The number of anilines is 1. The van der Waals surface area contributed by atoms with Crippen LogP contribution in [0.3, 0.4) is 0 Å². The maximum Gasteiger partial charge on any atom is 0.303 e. The predicted octanol–water partition coefficient (Wildman–Crippen LogP) is 1.09. The van der Waals surface area contributed by atoms with E-state index in [2.05, 4.69) is 5.32 Å². The zero-order chi connectivity index (χ0) is 23.0. The molecule has 1 aliphatic rings. The molecular formula is C21H24FN3O6. The standard InChI is InChI=1S/C21H24FN3O6/c1-13(27)30-19(12-26)20(31-14(2)28)21(29)24-11-15-5-7-25(8-6-15)18-4-3-17(22)9-16(18)10-23/h3-4,9,12,15,19-20H,5-8,11H2,1-2H3,(H,24,29)/t19-,20+/m0/s1. The number of halogens is 1. The summed E-state index contributed by atoms with van der Waals surface area (Å²) in [6.07, 6.45) is -1.48. The summed E-state index contributed by atoms with van der Waals surface area (Å²) in [6.45, 7) is 3.64. The molecule has 0 saturated carbocycles. The van der Waals surface area contributed by atoms with E-state index in [1.807, 2.05) is 11.0 Å². The van der Waals surface area contributed by atoms with Gasteiger partial charge in [-0.2, -0.15) is 5.26 Å². The Bertz CT molecular complexity index is 876. The van der Waals surface area contributed by atoms with Gasteiger partial charge < -0.3 is 19.7 Å². The Morgan fingerprint density at radius 1 is 1.26 bits per heavy atom. The number of hydrogen-bond donors (Lipinski definition) is 1. The fourth-order valence-corrected chi connectivity index (χ4v) is 3.40. The van der Waals surface area contributed by atoms with E-state index in [9.17, 15) is 28.8 Å². The molecule has 1 amide bonds. The van der Waals surface area contributed by atoms with Gasteiger partial charge in [0.05, 0.1) is 11.3 Å². The fourth-order valence-electron chi connectivity index (χ4n) is 3.40. The molecular weight excluding hydrogens is 409 g/mol. The second kappa shape index (κ2) is 11.1. The van der Waals surface area contributed by atoms with Crippen molar-refractivity contribution in [1.29, 1.82) is 5.26 Å². The molecule has 166 valence electrons. The number of amides is 1. The number of esters is 2. The molecule has 2 atom stereocenters. The number of rotatable bonds is 8. The summed E-state index contributed by atoms with van der Waals surface area (Å²) >= 11 is 0. The van der Waals surface area contributed by atoms with Gasteiger partial charge in [0, 0.05) is 33.5 Å². The molecule has 2 rings (SSSR count). The van der Waals surface area contributed by atoms with Crippen LogP contribution in [0.1, 0.15) is 32.3 Å². The van der Waals surface area contributed by atoms with Crippen LogP contribution in [0.5, 0.6) is 0 Å². The van der Waals surface area contributed by atoms with Gasteiger partial charge in [-0.25, -0.2) is 4.39 Å². The van der Waals surface area contributed by atoms with Crippen molar-refractivity contribution in [3.05, 3.63) is 29.6 Å². The van der Waals surface area contributed by atoms with E-state index in [-0.39, 0.29) is 24.3 Å². The molecule has 1 aromatic rings. The lowest BCUT2D eigenvalue weighted by atomic mass is 9.95. The molecule has 1 heterocycles. The fraction of sp³-hybridized carbons (Fsp3) is 0.476. The number of carbonyl (C=O) groups is 4. The van der Waals surface area contributed by atoms with Crippen molar-refractivity contribution in [3.8, 4) is 6.07 Å². The molecule has 0 aliphatic carbocycles. The number of nitrogens with zero attached hydrogens (tertiary/aromatic N) is 2. The SMILES string of the molecule is CC(=O)O[C@@H](C=O)[C@@H](OC(C)=O)C(=O)NCC1CCN(c2ccc(F)cc2C#N)CC1. The first-order valence-corrected chi connectivity index (χ1v) is 9.77. The van der Waals surface area contributed by atoms with E-state index in [0.717, 1.165) is 13.8 Å². The van der Waals surface area contributed by atoms with Crippen LogP contribution in [0, 0.1) is 23.1 Å². The van der Waals surface area contributed by atoms with E-state index >= 15 is 0 Å². The van der Waals surface area contributed by atoms with E-state index in [4.69, 9.17) is 9.47 Å².